The van der Waals surface area contributed by atoms with Gasteiger partial charge in [0, 0.05) is 26.4 Å². The van der Waals surface area contributed by atoms with Gasteiger partial charge < -0.3 is 14.8 Å². The minimum absolute atomic E-state index is 0.149. The van der Waals surface area contributed by atoms with Crippen molar-refractivity contribution < 1.29 is 27.5 Å². The lowest BCUT2D eigenvalue weighted by atomic mass is 10.3. The number of hydrogen-bond donors (Lipinski definition) is 1. The average Bonchev–Trinajstić information content (AvgIpc) is 2.58. The summed E-state index contributed by atoms with van der Waals surface area (Å²) in [7, 11) is -0.666. The SMILES string of the molecule is CCCCN(C)S(=O)(=O)c1ccc(NC(=O)COC(=O)COC)cc1. The van der Waals surface area contributed by atoms with Crippen LogP contribution in [0, 0.1) is 0 Å². The Kier molecular flexibility index (Phi) is 8.53. The van der Waals surface area contributed by atoms with Crippen molar-refractivity contribution in [2.24, 2.45) is 0 Å². The third-order valence-electron chi connectivity index (χ3n) is 3.30. The van der Waals surface area contributed by atoms with Crippen molar-refractivity contribution in [3.05, 3.63) is 24.3 Å². The second-order valence-corrected chi connectivity index (χ2v) is 7.39. The Labute approximate surface area is 148 Å². The molecule has 0 heterocycles. The predicted octanol–water partition coefficient (Wildman–Crippen LogP) is 1.24. The Morgan fingerprint density at radius 2 is 1.80 bits per heavy atom. The Morgan fingerprint density at radius 3 is 2.36 bits per heavy atom. The molecule has 1 aromatic carbocycles. The Balaban J connectivity index is 2.64. The number of ether oxygens (including phenoxy) is 2. The molecule has 0 aliphatic carbocycles. The molecule has 0 fully saturated rings. The molecule has 0 bridgehead atoms. The normalized spacial score (nSPS) is 11.4. The Hall–Kier alpha value is -1.97. The van der Waals surface area contributed by atoms with Gasteiger partial charge in [-0.2, -0.15) is 0 Å². The summed E-state index contributed by atoms with van der Waals surface area (Å²) >= 11 is 0. The van der Waals surface area contributed by atoms with Crippen LogP contribution in [0.15, 0.2) is 29.2 Å². The number of carbonyl (C=O) groups is 2. The maximum Gasteiger partial charge on any atom is 0.332 e. The second kappa shape index (κ2) is 10.1. The highest BCUT2D eigenvalue weighted by Crippen LogP contribution is 2.18. The van der Waals surface area contributed by atoms with Crippen molar-refractivity contribution in [3.8, 4) is 0 Å². The van der Waals surface area contributed by atoms with Crippen molar-refractivity contribution in [3.63, 3.8) is 0 Å². The maximum absolute atomic E-state index is 12.4. The number of esters is 1. The number of sulfonamides is 1. The van der Waals surface area contributed by atoms with E-state index in [2.05, 4.69) is 14.8 Å². The first-order valence-corrected chi connectivity index (χ1v) is 9.26. The van der Waals surface area contributed by atoms with E-state index in [0.717, 1.165) is 12.8 Å². The van der Waals surface area contributed by atoms with Crippen LogP contribution < -0.4 is 5.32 Å². The first-order chi connectivity index (χ1) is 11.8. The standard InChI is InChI=1S/C16H24N2O6S/c1-4-5-10-18(2)25(21,22)14-8-6-13(7-9-14)17-15(19)11-24-16(20)12-23-3/h6-9H,4-5,10-12H2,1-3H3,(H,17,19). The van der Waals surface area contributed by atoms with Gasteiger partial charge in [-0.1, -0.05) is 13.3 Å². The van der Waals surface area contributed by atoms with Crippen molar-refractivity contribution in [2.75, 3.05) is 39.2 Å². The topological polar surface area (TPSA) is 102 Å². The fourth-order valence-corrected chi connectivity index (χ4v) is 3.10. The number of unbranched alkanes of at least 4 members (excludes halogenated alkanes) is 1. The van der Waals surface area contributed by atoms with Crippen molar-refractivity contribution >= 4 is 27.6 Å². The van der Waals surface area contributed by atoms with Gasteiger partial charge in [-0.05, 0) is 30.7 Å². The maximum atomic E-state index is 12.4. The lowest BCUT2D eigenvalue weighted by Gasteiger charge is -2.17. The Morgan fingerprint density at radius 1 is 1.16 bits per heavy atom. The number of benzene rings is 1. The molecule has 1 aromatic rings. The molecular formula is C16H24N2O6S. The van der Waals surface area contributed by atoms with E-state index in [1.54, 1.807) is 0 Å². The van der Waals surface area contributed by atoms with Gasteiger partial charge in [-0.3, -0.25) is 4.79 Å². The monoisotopic (exact) mass is 372 g/mol. The lowest BCUT2D eigenvalue weighted by molar-refractivity contribution is -0.150. The summed E-state index contributed by atoms with van der Waals surface area (Å²) in [6.07, 6.45) is 1.69. The quantitative estimate of drug-likeness (QED) is 0.620. The van der Waals surface area contributed by atoms with Crippen LogP contribution in [0.1, 0.15) is 19.8 Å². The molecule has 140 valence electrons. The Bertz CT molecular complexity index is 672. The molecule has 0 unspecified atom stereocenters. The van der Waals surface area contributed by atoms with E-state index >= 15 is 0 Å². The molecule has 9 heteroatoms. The second-order valence-electron chi connectivity index (χ2n) is 5.35. The summed E-state index contributed by atoms with van der Waals surface area (Å²) in [5, 5.41) is 2.52. The molecule has 8 nitrogen and oxygen atoms in total. The molecule has 0 atom stereocenters. The highest BCUT2D eigenvalue weighted by atomic mass is 32.2. The summed E-state index contributed by atoms with van der Waals surface area (Å²) in [5.41, 5.74) is 0.406. The summed E-state index contributed by atoms with van der Waals surface area (Å²) in [4.78, 5) is 22.9. The average molecular weight is 372 g/mol. The zero-order valence-electron chi connectivity index (χ0n) is 14.6. The first kappa shape index (κ1) is 21.1. The molecule has 1 amide bonds. The highest BCUT2D eigenvalue weighted by molar-refractivity contribution is 7.89. The molecule has 1 rings (SSSR count). The zero-order chi connectivity index (χ0) is 18.9. The van der Waals surface area contributed by atoms with E-state index in [4.69, 9.17) is 0 Å². The summed E-state index contributed by atoms with van der Waals surface area (Å²) in [6.45, 7) is 1.77. The fourth-order valence-electron chi connectivity index (χ4n) is 1.89. The van der Waals surface area contributed by atoms with Crippen molar-refractivity contribution in [1.82, 2.24) is 4.31 Å². The number of methoxy groups -OCH3 is 1. The number of nitrogens with one attached hydrogen (secondary N) is 1. The number of hydrogen-bond acceptors (Lipinski definition) is 6. The molecule has 0 saturated carbocycles. The zero-order valence-corrected chi connectivity index (χ0v) is 15.5. The lowest BCUT2D eigenvalue weighted by Crippen LogP contribution is -2.28. The van der Waals surface area contributed by atoms with E-state index < -0.39 is 28.5 Å². The van der Waals surface area contributed by atoms with Gasteiger partial charge in [0.2, 0.25) is 10.0 Å². The first-order valence-electron chi connectivity index (χ1n) is 7.82. The molecule has 0 spiro atoms. The van der Waals surface area contributed by atoms with Gasteiger partial charge in [-0.25, -0.2) is 17.5 Å². The van der Waals surface area contributed by atoms with Gasteiger partial charge >= 0.3 is 5.97 Å². The smallest absolute Gasteiger partial charge is 0.332 e. The minimum Gasteiger partial charge on any atom is -0.454 e. The van der Waals surface area contributed by atoms with Gasteiger partial charge in [0.1, 0.15) is 6.61 Å². The molecule has 0 aliphatic rings. The molecule has 0 aromatic heterocycles. The number of anilines is 1. The van der Waals surface area contributed by atoms with Crippen LogP contribution in [0.3, 0.4) is 0 Å². The number of rotatable bonds is 10. The van der Waals surface area contributed by atoms with Gasteiger partial charge in [0.25, 0.3) is 5.91 Å². The highest BCUT2D eigenvalue weighted by Gasteiger charge is 2.20. The summed E-state index contributed by atoms with van der Waals surface area (Å²) in [6, 6.07) is 5.81. The molecule has 0 saturated heterocycles. The third-order valence-corrected chi connectivity index (χ3v) is 5.17. The molecule has 0 radical (unpaired) electrons. The van der Waals surface area contributed by atoms with Crippen LogP contribution in [-0.4, -0.2) is 58.5 Å². The molecule has 1 N–H and O–H groups in total. The van der Waals surface area contributed by atoms with E-state index in [9.17, 15) is 18.0 Å². The van der Waals surface area contributed by atoms with Gasteiger partial charge in [0.05, 0.1) is 4.90 Å². The van der Waals surface area contributed by atoms with Gasteiger partial charge in [-0.15, -0.1) is 0 Å². The van der Waals surface area contributed by atoms with E-state index in [1.165, 1.54) is 42.7 Å². The van der Waals surface area contributed by atoms with Crippen molar-refractivity contribution in [2.45, 2.75) is 24.7 Å². The van der Waals surface area contributed by atoms with E-state index in [-0.39, 0.29) is 11.5 Å². The number of carbonyl (C=O) groups excluding carboxylic acids is 2. The third kappa shape index (κ3) is 6.81. The van der Waals surface area contributed by atoms with Gasteiger partial charge in [0.15, 0.2) is 6.61 Å². The van der Waals surface area contributed by atoms with Crippen LogP contribution in [0.2, 0.25) is 0 Å². The minimum atomic E-state index is -3.55. The van der Waals surface area contributed by atoms with Crippen LogP contribution in [0.4, 0.5) is 5.69 Å². The molecule has 0 aliphatic heterocycles. The van der Waals surface area contributed by atoms with E-state index in [0.29, 0.717) is 12.2 Å². The van der Waals surface area contributed by atoms with Crippen LogP contribution in [0.25, 0.3) is 0 Å². The van der Waals surface area contributed by atoms with Crippen LogP contribution in [0.5, 0.6) is 0 Å². The largest absolute Gasteiger partial charge is 0.454 e. The predicted molar refractivity (Wildman–Crippen MR) is 92.6 cm³/mol. The van der Waals surface area contributed by atoms with Crippen molar-refractivity contribution in [1.29, 1.82) is 0 Å². The summed E-state index contributed by atoms with van der Waals surface area (Å²) in [5.74, 6) is -1.17. The molecule has 25 heavy (non-hydrogen) atoms. The number of nitrogens with zero attached hydrogens (tertiary/aromatic N) is 1. The fraction of sp³-hybridized carbons (Fsp3) is 0.500. The van der Waals surface area contributed by atoms with E-state index in [1.807, 2.05) is 6.92 Å². The van der Waals surface area contributed by atoms with Crippen LogP contribution in [-0.2, 0) is 29.1 Å². The van der Waals surface area contributed by atoms with Crippen LogP contribution >= 0.6 is 0 Å². The number of amides is 1. The molecular weight excluding hydrogens is 348 g/mol. The summed E-state index contributed by atoms with van der Waals surface area (Å²) < 4.78 is 35.3.